The fourth-order valence-corrected chi connectivity index (χ4v) is 7.91. The number of allylic oxidation sites excluding steroid dienone is 2. The van der Waals surface area contributed by atoms with Crippen molar-refractivity contribution in [2.45, 2.75) is 101 Å². The third-order valence-corrected chi connectivity index (χ3v) is 10.3. The number of aromatic nitrogens is 1. The van der Waals surface area contributed by atoms with Crippen molar-refractivity contribution in [3.05, 3.63) is 88.8 Å². The molecule has 0 atom stereocenters. The summed E-state index contributed by atoms with van der Waals surface area (Å²) in [7, 11) is 0. The average molecular weight is 881 g/mol. The van der Waals surface area contributed by atoms with E-state index in [0.29, 0.717) is 15.8 Å². The van der Waals surface area contributed by atoms with E-state index in [1.807, 2.05) is 65.8 Å². The van der Waals surface area contributed by atoms with Gasteiger partial charge >= 0.3 is 6.18 Å². The number of aliphatic hydroxyl groups is 1. The molecule has 2 aromatic heterocycles. The first-order valence-electron chi connectivity index (χ1n) is 17.3. The van der Waals surface area contributed by atoms with Crippen LogP contribution in [0.2, 0.25) is 0 Å². The summed E-state index contributed by atoms with van der Waals surface area (Å²) >= 11 is 1.39. The number of benzene rings is 3. The Balaban J connectivity index is 0.000000361. The summed E-state index contributed by atoms with van der Waals surface area (Å²) in [5, 5.41) is 12.6. The van der Waals surface area contributed by atoms with Gasteiger partial charge in [0, 0.05) is 70.1 Å². The molecular weight excluding hydrogens is 832 g/mol. The molecule has 5 rings (SSSR count). The molecule has 0 spiro atoms. The van der Waals surface area contributed by atoms with Gasteiger partial charge in [0.15, 0.2) is 5.78 Å². The molecule has 3 nitrogen and oxygen atoms in total. The number of hydrogen-bond donors (Lipinski definition) is 1. The number of halogens is 3. The zero-order chi connectivity index (χ0) is 36.3. The number of alkyl halides is 3. The molecule has 0 aliphatic rings. The quantitative estimate of drug-likeness (QED) is 0.0912. The van der Waals surface area contributed by atoms with Gasteiger partial charge in [0.2, 0.25) is 0 Å². The number of aliphatic hydroxyl groups excluding tert-OH is 1. The molecule has 0 saturated carbocycles. The second-order valence-electron chi connectivity index (χ2n) is 14.3. The summed E-state index contributed by atoms with van der Waals surface area (Å²) < 4.78 is 43.6. The van der Waals surface area contributed by atoms with Crippen LogP contribution in [-0.2, 0) is 37.5 Å². The van der Waals surface area contributed by atoms with E-state index in [4.69, 9.17) is 0 Å². The van der Waals surface area contributed by atoms with E-state index < -0.39 is 11.7 Å². The fraction of sp³-hybridized carbons (Fsp3) is 0.429. The Hall–Kier alpha value is -3.06. The van der Waals surface area contributed by atoms with Crippen LogP contribution in [0.3, 0.4) is 0 Å². The maximum absolute atomic E-state index is 14.1. The predicted octanol–water partition coefficient (Wildman–Crippen LogP) is 13.2. The average Bonchev–Trinajstić information content (AvgIpc) is 3.40. The number of rotatable bonds is 9. The van der Waals surface area contributed by atoms with Crippen LogP contribution < -0.4 is 0 Å². The van der Waals surface area contributed by atoms with Gasteiger partial charge in [-0.05, 0) is 53.9 Å². The van der Waals surface area contributed by atoms with Crippen LogP contribution in [0, 0.1) is 37.2 Å². The Kier molecular flexibility index (Phi) is 14.0. The van der Waals surface area contributed by atoms with Crippen LogP contribution in [0.1, 0.15) is 96.4 Å². The van der Waals surface area contributed by atoms with E-state index in [2.05, 4.69) is 50.0 Å². The van der Waals surface area contributed by atoms with Crippen LogP contribution in [0.25, 0.3) is 42.2 Å². The van der Waals surface area contributed by atoms with Crippen molar-refractivity contribution in [3.8, 4) is 11.3 Å². The van der Waals surface area contributed by atoms with Gasteiger partial charge < -0.3 is 10.1 Å². The van der Waals surface area contributed by atoms with E-state index in [1.165, 1.54) is 23.0 Å². The van der Waals surface area contributed by atoms with Crippen molar-refractivity contribution in [1.29, 1.82) is 0 Å². The van der Waals surface area contributed by atoms with Gasteiger partial charge in [-0.25, -0.2) is 0 Å². The minimum Gasteiger partial charge on any atom is -0.512 e. The minimum atomic E-state index is -4.49. The van der Waals surface area contributed by atoms with E-state index in [1.54, 1.807) is 0 Å². The molecule has 0 fully saturated rings. The molecule has 0 aliphatic carbocycles. The second kappa shape index (κ2) is 17.0. The maximum atomic E-state index is 14.1. The molecule has 50 heavy (non-hydrogen) atoms. The van der Waals surface area contributed by atoms with Crippen LogP contribution in [0.5, 0.6) is 0 Å². The topological polar surface area (TPSA) is 50.2 Å². The predicted molar refractivity (Wildman–Crippen MR) is 200 cm³/mol. The molecule has 2 heterocycles. The van der Waals surface area contributed by atoms with Crippen LogP contribution in [0.15, 0.2) is 60.5 Å². The number of nitrogens with zero attached hydrogens (tertiary/aromatic N) is 1. The molecule has 0 aliphatic heterocycles. The number of carbonyl (C=O) groups excluding carboxylic acids is 1. The van der Waals surface area contributed by atoms with E-state index >= 15 is 0 Å². The molecule has 5 aromatic rings. The zero-order valence-corrected chi connectivity index (χ0v) is 33.8. The molecular formula is C42H49F3IrNO2S-. The maximum Gasteiger partial charge on any atom is 0.418 e. The molecule has 0 bridgehead atoms. The number of thiophene rings is 1. The number of ketones is 1. The summed E-state index contributed by atoms with van der Waals surface area (Å²) in [6.07, 6.45) is 2.33. The second-order valence-corrected chi connectivity index (χ2v) is 15.3. The molecule has 271 valence electrons. The molecule has 1 radical (unpaired) electrons. The first-order chi connectivity index (χ1) is 23.0. The Morgan fingerprint density at radius 3 is 2.08 bits per heavy atom. The number of hydrogen-bond acceptors (Lipinski definition) is 4. The number of pyridine rings is 1. The number of carbonyl (C=O) groups is 1. The van der Waals surface area contributed by atoms with Crippen molar-refractivity contribution < 1.29 is 43.2 Å². The summed E-state index contributed by atoms with van der Waals surface area (Å²) in [6, 6.07) is 17.3. The summed E-state index contributed by atoms with van der Waals surface area (Å²) in [5.41, 5.74) is 3.92. The first-order valence-corrected chi connectivity index (χ1v) is 18.1. The molecule has 0 amide bonds. The molecule has 8 heteroatoms. The van der Waals surface area contributed by atoms with Crippen LogP contribution in [-0.4, -0.2) is 15.9 Å². The minimum absolute atomic E-state index is 0. The largest absolute Gasteiger partial charge is 0.512 e. The molecule has 0 saturated heterocycles. The van der Waals surface area contributed by atoms with Crippen molar-refractivity contribution in [3.63, 3.8) is 0 Å². The van der Waals surface area contributed by atoms with Gasteiger partial charge in [-0.1, -0.05) is 92.6 Å². The van der Waals surface area contributed by atoms with Gasteiger partial charge in [0.05, 0.1) is 11.3 Å². The third kappa shape index (κ3) is 9.63. The Morgan fingerprint density at radius 1 is 0.900 bits per heavy atom. The Morgan fingerprint density at radius 2 is 1.52 bits per heavy atom. The number of fused-ring (bicyclic) bond motifs is 5. The number of aryl methyl sites for hydroxylation is 2. The summed E-state index contributed by atoms with van der Waals surface area (Å²) in [6.45, 7) is 18.6. The third-order valence-electron chi connectivity index (χ3n) is 9.07. The van der Waals surface area contributed by atoms with Crippen LogP contribution in [0.4, 0.5) is 13.2 Å². The zero-order valence-electron chi connectivity index (χ0n) is 30.6. The van der Waals surface area contributed by atoms with Gasteiger partial charge in [-0.15, -0.1) is 46.2 Å². The molecule has 0 unspecified atom stereocenters. The molecule has 1 N–H and O–H groups in total. The Labute approximate surface area is 312 Å². The molecule has 3 aromatic carbocycles. The van der Waals surface area contributed by atoms with Crippen LogP contribution >= 0.6 is 11.3 Å². The van der Waals surface area contributed by atoms with Gasteiger partial charge in [-0.3, -0.25) is 4.79 Å². The normalized spacial score (nSPS) is 12.5. The van der Waals surface area contributed by atoms with Gasteiger partial charge in [-0.2, -0.15) is 13.2 Å². The van der Waals surface area contributed by atoms with Gasteiger partial charge in [0.1, 0.15) is 0 Å². The van der Waals surface area contributed by atoms with Crippen molar-refractivity contribution in [2.24, 2.45) is 17.3 Å². The van der Waals surface area contributed by atoms with Gasteiger partial charge in [0.25, 0.3) is 0 Å². The van der Waals surface area contributed by atoms with E-state index in [0.717, 1.165) is 70.5 Å². The van der Waals surface area contributed by atoms with E-state index in [-0.39, 0.29) is 54.3 Å². The summed E-state index contributed by atoms with van der Waals surface area (Å²) in [5.74, 6) is 0.547. The van der Waals surface area contributed by atoms with Crippen molar-refractivity contribution >= 4 is 48.1 Å². The fourth-order valence-electron chi connectivity index (χ4n) is 6.55. The standard InChI is InChI=1S/C29H25F3NS.C13H24O2.Ir/c1-16-10-17(2)12-20(11-16)25-27-24(23(15-33-25)29(30,31)32)22-9-7-19-13-18(14-28(3,4)5)6-8-21(19)26(22)34-27;1-5-10(6-2)12(14)9-13(15)11(7-3)8-4;/h6-11,13,15H,14H2,1-5H3;9-11,14H,5-8H2,1-4H3;/q-1;;/b;12-9-;. The SMILES string of the molecule is CCC(CC)C(=O)/C=C(\O)C(CC)CC.Cc1[c-]c(-c2ncc(C(F)(F)F)c3c2sc2c4ccc(CC(C)(C)C)cc4ccc23)cc(C)c1.[Ir]. The van der Waals surface area contributed by atoms with E-state index in [9.17, 15) is 23.1 Å². The summed E-state index contributed by atoms with van der Waals surface area (Å²) in [4.78, 5) is 16.0. The van der Waals surface area contributed by atoms with Crippen molar-refractivity contribution in [2.75, 3.05) is 0 Å². The first kappa shape index (κ1) is 41.4. The smallest absolute Gasteiger partial charge is 0.418 e. The Bertz CT molecular complexity index is 1960. The van der Waals surface area contributed by atoms with Crippen molar-refractivity contribution in [1.82, 2.24) is 4.98 Å². The monoisotopic (exact) mass is 881 g/mol.